The van der Waals surface area contributed by atoms with Crippen molar-refractivity contribution >= 4 is 5.91 Å². The van der Waals surface area contributed by atoms with Crippen LogP contribution in [-0.4, -0.2) is 33.8 Å². The number of amides is 1. The predicted octanol–water partition coefficient (Wildman–Crippen LogP) is 2.76. The maximum atomic E-state index is 12.8. The molecule has 7 heteroatoms. The van der Waals surface area contributed by atoms with E-state index in [1.165, 1.54) is 24.3 Å². The zero-order valence-electron chi connectivity index (χ0n) is 15.3. The molecule has 2 aromatic heterocycles. The lowest BCUT2D eigenvalue weighted by Gasteiger charge is -2.08. The van der Waals surface area contributed by atoms with Crippen molar-refractivity contribution in [3.8, 4) is 11.6 Å². The molecule has 27 heavy (non-hydrogen) atoms. The maximum absolute atomic E-state index is 12.8. The van der Waals surface area contributed by atoms with Crippen LogP contribution in [0.1, 0.15) is 17.0 Å². The fourth-order valence-corrected chi connectivity index (χ4v) is 2.80. The number of hydrogen-bond donors (Lipinski definition) is 1. The van der Waals surface area contributed by atoms with E-state index in [0.29, 0.717) is 18.7 Å². The molecule has 0 spiro atoms. The Labute approximate surface area is 157 Å². The molecule has 0 radical (unpaired) electrons. The van der Waals surface area contributed by atoms with Crippen molar-refractivity contribution in [3.05, 3.63) is 71.4 Å². The number of ether oxygens (including phenoxy) is 1. The van der Waals surface area contributed by atoms with Gasteiger partial charge in [0.25, 0.3) is 5.91 Å². The van der Waals surface area contributed by atoms with Gasteiger partial charge in [-0.05, 0) is 62.2 Å². The van der Waals surface area contributed by atoms with Crippen LogP contribution in [0.5, 0.6) is 5.75 Å². The third-order valence-electron chi connectivity index (χ3n) is 4.19. The second-order valence-electron chi connectivity index (χ2n) is 6.09. The molecule has 0 aliphatic carbocycles. The molecule has 1 aromatic carbocycles. The van der Waals surface area contributed by atoms with E-state index >= 15 is 0 Å². The Morgan fingerprint density at radius 3 is 2.67 bits per heavy atom. The van der Waals surface area contributed by atoms with E-state index in [0.717, 1.165) is 22.8 Å². The second-order valence-corrected chi connectivity index (χ2v) is 6.09. The molecule has 0 saturated heterocycles. The van der Waals surface area contributed by atoms with E-state index in [4.69, 9.17) is 4.74 Å². The highest BCUT2D eigenvalue weighted by atomic mass is 19.1. The van der Waals surface area contributed by atoms with Crippen LogP contribution in [-0.2, 0) is 11.2 Å². The zero-order chi connectivity index (χ0) is 19.2. The number of aromatic nitrogens is 3. The first kappa shape index (κ1) is 18.6. The van der Waals surface area contributed by atoms with Gasteiger partial charge in [0.05, 0.1) is 5.69 Å². The van der Waals surface area contributed by atoms with Gasteiger partial charge in [0.1, 0.15) is 11.6 Å². The summed E-state index contributed by atoms with van der Waals surface area (Å²) in [4.78, 5) is 16.3. The lowest BCUT2D eigenvalue weighted by atomic mass is 10.1. The normalized spacial score (nSPS) is 10.6. The smallest absolute Gasteiger partial charge is 0.257 e. The van der Waals surface area contributed by atoms with Crippen LogP contribution < -0.4 is 10.1 Å². The van der Waals surface area contributed by atoms with Crippen molar-refractivity contribution in [2.24, 2.45) is 0 Å². The van der Waals surface area contributed by atoms with Gasteiger partial charge in [-0.25, -0.2) is 14.1 Å². The minimum Gasteiger partial charge on any atom is -0.484 e. The van der Waals surface area contributed by atoms with Gasteiger partial charge >= 0.3 is 0 Å². The fourth-order valence-electron chi connectivity index (χ4n) is 2.80. The first-order chi connectivity index (χ1) is 13.0. The van der Waals surface area contributed by atoms with Gasteiger partial charge in [-0.2, -0.15) is 5.10 Å². The molecule has 3 aromatic rings. The molecule has 0 bridgehead atoms. The van der Waals surface area contributed by atoms with Crippen molar-refractivity contribution in [2.45, 2.75) is 20.3 Å². The Kier molecular flexibility index (Phi) is 5.80. The van der Waals surface area contributed by atoms with E-state index < -0.39 is 0 Å². The highest BCUT2D eigenvalue weighted by molar-refractivity contribution is 5.77. The number of rotatable bonds is 7. The average Bonchev–Trinajstić information content (AvgIpc) is 2.96. The van der Waals surface area contributed by atoms with Gasteiger partial charge < -0.3 is 10.1 Å². The number of carbonyl (C=O) groups is 1. The SMILES string of the molecule is Cc1nn(-c2ccccn2)c(C)c1CCNC(=O)COc1ccc(F)cc1. The summed E-state index contributed by atoms with van der Waals surface area (Å²) in [5, 5.41) is 7.37. The number of nitrogens with one attached hydrogen (secondary N) is 1. The summed E-state index contributed by atoms with van der Waals surface area (Å²) in [5.41, 5.74) is 3.00. The number of hydrogen-bond acceptors (Lipinski definition) is 4. The van der Waals surface area contributed by atoms with Crippen LogP contribution in [0.3, 0.4) is 0 Å². The molecule has 3 rings (SSSR count). The molecule has 1 amide bonds. The average molecular weight is 368 g/mol. The van der Waals surface area contributed by atoms with Gasteiger partial charge in [0, 0.05) is 18.4 Å². The van der Waals surface area contributed by atoms with Crippen molar-refractivity contribution < 1.29 is 13.9 Å². The van der Waals surface area contributed by atoms with Gasteiger partial charge in [-0.3, -0.25) is 4.79 Å². The summed E-state index contributed by atoms with van der Waals surface area (Å²) in [5.74, 6) is 0.645. The highest BCUT2D eigenvalue weighted by Crippen LogP contribution is 2.17. The quantitative estimate of drug-likeness (QED) is 0.696. The van der Waals surface area contributed by atoms with Crippen LogP contribution in [0.15, 0.2) is 48.7 Å². The standard InChI is InChI=1S/C20H21FN4O2/c1-14-18(15(2)25(24-14)19-5-3-4-11-22-19)10-12-23-20(26)13-27-17-8-6-16(21)7-9-17/h3-9,11H,10,12-13H2,1-2H3,(H,23,26). The summed E-state index contributed by atoms with van der Waals surface area (Å²) < 4.78 is 20.0. The third kappa shape index (κ3) is 4.69. The van der Waals surface area contributed by atoms with Crippen molar-refractivity contribution in [1.29, 1.82) is 0 Å². The monoisotopic (exact) mass is 368 g/mol. The number of halogens is 1. The van der Waals surface area contributed by atoms with Gasteiger partial charge in [0.15, 0.2) is 12.4 Å². The topological polar surface area (TPSA) is 69.0 Å². The Morgan fingerprint density at radius 1 is 1.19 bits per heavy atom. The lowest BCUT2D eigenvalue weighted by molar-refractivity contribution is -0.123. The Balaban J connectivity index is 1.52. The Morgan fingerprint density at radius 2 is 1.96 bits per heavy atom. The van der Waals surface area contributed by atoms with Crippen LogP contribution >= 0.6 is 0 Å². The van der Waals surface area contributed by atoms with E-state index in [2.05, 4.69) is 15.4 Å². The van der Waals surface area contributed by atoms with Gasteiger partial charge in [-0.1, -0.05) is 6.07 Å². The fraction of sp³-hybridized carbons (Fsp3) is 0.250. The van der Waals surface area contributed by atoms with E-state index in [-0.39, 0.29) is 18.3 Å². The Hall–Kier alpha value is -3.22. The van der Waals surface area contributed by atoms with Gasteiger partial charge in [0.2, 0.25) is 0 Å². The molecule has 0 unspecified atom stereocenters. The maximum Gasteiger partial charge on any atom is 0.257 e. The van der Waals surface area contributed by atoms with Crippen molar-refractivity contribution in [2.75, 3.05) is 13.2 Å². The summed E-state index contributed by atoms with van der Waals surface area (Å²) in [6, 6.07) is 11.2. The third-order valence-corrected chi connectivity index (χ3v) is 4.19. The minimum absolute atomic E-state index is 0.114. The first-order valence-electron chi connectivity index (χ1n) is 8.66. The lowest BCUT2D eigenvalue weighted by Crippen LogP contribution is -2.30. The predicted molar refractivity (Wildman–Crippen MR) is 99.4 cm³/mol. The molecular weight excluding hydrogens is 347 g/mol. The molecule has 0 aliphatic rings. The van der Waals surface area contributed by atoms with Crippen LogP contribution in [0.4, 0.5) is 4.39 Å². The number of carbonyl (C=O) groups excluding carboxylic acids is 1. The molecule has 2 heterocycles. The van der Waals surface area contributed by atoms with E-state index in [1.807, 2.05) is 36.7 Å². The van der Waals surface area contributed by atoms with Crippen molar-refractivity contribution in [3.63, 3.8) is 0 Å². The summed E-state index contributed by atoms with van der Waals surface area (Å²) in [7, 11) is 0. The minimum atomic E-state index is -0.344. The molecule has 0 atom stereocenters. The molecule has 0 fully saturated rings. The number of benzene rings is 1. The largest absolute Gasteiger partial charge is 0.484 e. The van der Waals surface area contributed by atoms with E-state index in [9.17, 15) is 9.18 Å². The zero-order valence-corrected chi connectivity index (χ0v) is 15.3. The molecule has 140 valence electrons. The van der Waals surface area contributed by atoms with Crippen LogP contribution in [0.2, 0.25) is 0 Å². The van der Waals surface area contributed by atoms with Gasteiger partial charge in [-0.15, -0.1) is 0 Å². The number of pyridine rings is 1. The molecule has 0 aliphatic heterocycles. The van der Waals surface area contributed by atoms with Crippen LogP contribution in [0.25, 0.3) is 5.82 Å². The molecular formula is C20H21FN4O2. The first-order valence-corrected chi connectivity index (χ1v) is 8.66. The number of aryl methyl sites for hydroxylation is 1. The number of nitrogens with zero attached hydrogens (tertiary/aromatic N) is 3. The molecule has 0 saturated carbocycles. The summed E-state index contributed by atoms with van der Waals surface area (Å²) in [6.45, 7) is 4.29. The second kappa shape index (κ2) is 8.44. The van der Waals surface area contributed by atoms with E-state index in [1.54, 1.807) is 6.20 Å². The molecule has 6 nitrogen and oxygen atoms in total. The Bertz CT molecular complexity index is 908. The summed E-state index contributed by atoms with van der Waals surface area (Å²) >= 11 is 0. The van der Waals surface area contributed by atoms with Crippen LogP contribution in [0, 0.1) is 19.7 Å². The van der Waals surface area contributed by atoms with Crippen molar-refractivity contribution in [1.82, 2.24) is 20.1 Å². The molecule has 1 N–H and O–H groups in total. The summed E-state index contributed by atoms with van der Waals surface area (Å²) in [6.07, 6.45) is 2.39. The highest BCUT2D eigenvalue weighted by Gasteiger charge is 2.13.